The number of ether oxygens (including phenoxy) is 2. The molecule has 0 saturated carbocycles. The summed E-state index contributed by atoms with van der Waals surface area (Å²) in [6, 6.07) is 15.9. The summed E-state index contributed by atoms with van der Waals surface area (Å²) in [5.41, 5.74) is 1.75. The van der Waals surface area contributed by atoms with Crippen LogP contribution in [0.4, 0.5) is 0 Å². The van der Waals surface area contributed by atoms with Crippen LogP contribution in [0.1, 0.15) is 34.6 Å². The largest absolute Gasteiger partial charge is 0.458 e. The monoisotopic (exact) mass is 560 g/mol. The van der Waals surface area contributed by atoms with E-state index < -0.39 is 18.0 Å². The molecule has 0 amide bonds. The number of hydrogen-bond donors (Lipinski definition) is 0. The molecule has 5 rings (SSSR count). The van der Waals surface area contributed by atoms with Gasteiger partial charge in [0.15, 0.2) is 4.80 Å². The van der Waals surface area contributed by atoms with Crippen molar-refractivity contribution in [3.8, 4) is 5.75 Å². The minimum atomic E-state index is -0.819. The van der Waals surface area contributed by atoms with E-state index in [1.54, 1.807) is 55.5 Å². The van der Waals surface area contributed by atoms with Gasteiger partial charge in [0.1, 0.15) is 12.4 Å². The van der Waals surface area contributed by atoms with Crippen LogP contribution in [-0.4, -0.2) is 23.1 Å². The molecule has 0 saturated heterocycles. The molecule has 0 aliphatic carbocycles. The third-order valence-corrected chi connectivity index (χ3v) is 7.11. The maximum Gasteiger partial charge on any atom is 0.379 e. The maximum atomic E-state index is 13.7. The van der Waals surface area contributed by atoms with Crippen LogP contribution in [-0.2, 0) is 9.53 Å². The van der Waals surface area contributed by atoms with E-state index in [1.165, 1.54) is 34.3 Å². The summed E-state index contributed by atoms with van der Waals surface area (Å²) in [7, 11) is 0. The van der Waals surface area contributed by atoms with Gasteiger partial charge in [-0.1, -0.05) is 59.9 Å². The molecule has 1 aliphatic rings. The number of rotatable bonds is 7. The summed E-state index contributed by atoms with van der Waals surface area (Å²) in [5, 5.41) is 0.588. The Hall–Kier alpha value is -4.47. The topological polar surface area (TPSA) is 100 Å². The number of carbonyl (C=O) groups is 2. The predicted octanol–water partition coefficient (Wildman–Crippen LogP) is 4.43. The SMILES string of the molecule is C=CCOC(=O)C1=C(C)N=c2s/c(=C\c3ccc(Cl)cc3)c(=O)n2C1c1ccc(OC(=O)c2ccco2)cc1. The zero-order chi connectivity index (χ0) is 27.5. The molecule has 0 N–H and O–H groups in total. The van der Waals surface area contributed by atoms with Crippen LogP contribution in [0.3, 0.4) is 0 Å². The van der Waals surface area contributed by atoms with Crippen molar-refractivity contribution < 1.29 is 23.5 Å². The highest BCUT2D eigenvalue weighted by Gasteiger charge is 2.33. The van der Waals surface area contributed by atoms with Crippen LogP contribution >= 0.6 is 22.9 Å². The molecule has 4 aromatic rings. The van der Waals surface area contributed by atoms with E-state index in [2.05, 4.69) is 11.6 Å². The van der Waals surface area contributed by atoms with E-state index >= 15 is 0 Å². The number of thiazole rings is 1. The van der Waals surface area contributed by atoms with Crippen LogP contribution in [0, 0.1) is 0 Å². The van der Waals surface area contributed by atoms with Gasteiger partial charge in [0.2, 0.25) is 5.76 Å². The summed E-state index contributed by atoms with van der Waals surface area (Å²) in [6.07, 6.45) is 4.60. The smallest absolute Gasteiger partial charge is 0.379 e. The van der Waals surface area contributed by atoms with Gasteiger partial charge in [0.05, 0.1) is 28.1 Å². The number of hydrogen-bond acceptors (Lipinski definition) is 8. The number of carbonyl (C=O) groups excluding carboxylic acids is 2. The second-order valence-electron chi connectivity index (χ2n) is 8.46. The van der Waals surface area contributed by atoms with Gasteiger partial charge in [-0.2, -0.15) is 0 Å². The van der Waals surface area contributed by atoms with Crippen molar-refractivity contribution in [1.82, 2.24) is 4.57 Å². The Balaban J connectivity index is 1.58. The van der Waals surface area contributed by atoms with Crippen molar-refractivity contribution in [2.45, 2.75) is 13.0 Å². The fourth-order valence-corrected chi connectivity index (χ4v) is 5.26. The molecule has 10 heteroatoms. The van der Waals surface area contributed by atoms with Crippen LogP contribution in [0.15, 0.2) is 105 Å². The lowest BCUT2D eigenvalue weighted by Gasteiger charge is -2.24. The molecule has 39 heavy (non-hydrogen) atoms. The highest BCUT2D eigenvalue weighted by Crippen LogP contribution is 2.31. The Bertz CT molecular complexity index is 1760. The number of halogens is 1. The fourth-order valence-electron chi connectivity index (χ4n) is 4.09. The number of benzene rings is 2. The number of fused-ring (bicyclic) bond motifs is 1. The van der Waals surface area contributed by atoms with E-state index in [1.807, 2.05) is 12.1 Å². The van der Waals surface area contributed by atoms with E-state index in [4.69, 9.17) is 25.5 Å². The molecule has 0 fully saturated rings. The first-order chi connectivity index (χ1) is 18.9. The highest BCUT2D eigenvalue weighted by atomic mass is 35.5. The summed E-state index contributed by atoms with van der Waals surface area (Å²) >= 11 is 7.22. The summed E-state index contributed by atoms with van der Waals surface area (Å²) in [5.74, 6) is -0.918. The minimum Gasteiger partial charge on any atom is -0.458 e. The van der Waals surface area contributed by atoms with Crippen molar-refractivity contribution in [3.63, 3.8) is 0 Å². The summed E-state index contributed by atoms with van der Waals surface area (Å²) < 4.78 is 17.7. The second kappa shape index (κ2) is 11.1. The lowest BCUT2D eigenvalue weighted by Crippen LogP contribution is -2.39. The van der Waals surface area contributed by atoms with E-state index in [9.17, 15) is 14.4 Å². The quantitative estimate of drug-likeness (QED) is 0.188. The van der Waals surface area contributed by atoms with Crippen molar-refractivity contribution >= 4 is 41.0 Å². The molecular weight excluding hydrogens is 540 g/mol. The molecule has 0 spiro atoms. The third kappa shape index (κ3) is 5.41. The van der Waals surface area contributed by atoms with Gasteiger partial charge in [-0.05, 0) is 60.5 Å². The summed E-state index contributed by atoms with van der Waals surface area (Å²) in [4.78, 5) is 44.1. The Kier molecular flexibility index (Phi) is 7.44. The lowest BCUT2D eigenvalue weighted by molar-refractivity contribution is -0.138. The second-order valence-corrected chi connectivity index (χ2v) is 9.90. The molecule has 0 radical (unpaired) electrons. The number of aromatic nitrogens is 1. The molecule has 2 aromatic carbocycles. The number of furan rings is 1. The van der Waals surface area contributed by atoms with Gasteiger partial charge >= 0.3 is 11.9 Å². The van der Waals surface area contributed by atoms with Crippen molar-refractivity contribution in [2.24, 2.45) is 4.99 Å². The molecule has 1 atom stereocenters. The number of esters is 2. The molecule has 0 bridgehead atoms. The first-order valence-electron chi connectivity index (χ1n) is 11.8. The average molecular weight is 561 g/mol. The van der Waals surface area contributed by atoms with Crippen LogP contribution in [0.5, 0.6) is 5.75 Å². The lowest BCUT2D eigenvalue weighted by atomic mass is 9.96. The van der Waals surface area contributed by atoms with Gasteiger partial charge < -0.3 is 13.9 Å². The van der Waals surface area contributed by atoms with Gasteiger partial charge in [0.25, 0.3) is 5.56 Å². The zero-order valence-corrected chi connectivity index (χ0v) is 22.2. The molecule has 3 heterocycles. The van der Waals surface area contributed by atoms with Gasteiger partial charge in [-0.25, -0.2) is 14.6 Å². The highest BCUT2D eigenvalue weighted by molar-refractivity contribution is 7.07. The molecule has 1 aliphatic heterocycles. The standard InChI is InChI=1S/C29H21ClN2O6S/c1-3-14-37-28(35)24-17(2)31-29-32(26(33)23(39-29)16-18-6-10-20(30)11-7-18)25(24)19-8-12-21(13-9-19)38-27(34)22-5-4-15-36-22/h3-13,15-16,25H,1,14H2,2H3/b23-16-. The Morgan fingerprint density at radius 3 is 2.54 bits per heavy atom. The van der Waals surface area contributed by atoms with Crippen LogP contribution in [0.2, 0.25) is 5.02 Å². The van der Waals surface area contributed by atoms with Crippen LogP contribution in [0.25, 0.3) is 6.08 Å². The molecular formula is C29H21ClN2O6S. The normalized spacial score (nSPS) is 14.9. The van der Waals surface area contributed by atoms with Crippen molar-refractivity contribution in [3.05, 3.63) is 132 Å². The molecule has 2 aromatic heterocycles. The number of allylic oxidation sites excluding steroid dienone is 1. The Labute approximate surface area is 231 Å². The summed E-state index contributed by atoms with van der Waals surface area (Å²) in [6.45, 7) is 5.30. The van der Waals surface area contributed by atoms with Gasteiger partial charge in [-0.15, -0.1) is 0 Å². The fraction of sp³-hybridized carbons (Fsp3) is 0.103. The Morgan fingerprint density at radius 1 is 1.13 bits per heavy atom. The van der Waals surface area contributed by atoms with E-state index in [0.29, 0.717) is 25.6 Å². The average Bonchev–Trinajstić information content (AvgIpc) is 3.57. The molecule has 1 unspecified atom stereocenters. The molecule has 196 valence electrons. The minimum absolute atomic E-state index is 0.00495. The van der Waals surface area contributed by atoms with Crippen LogP contribution < -0.4 is 19.6 Å². The van der Waals surface area contributed by atoms with Gasteiger partial charge in [0, 0.05) is 5.02 Å². The Morgan fingerprint density at radius 2 is 1.87 bits per heavy atom. The maximum absolute atomic E-state index is 13.7. The zero-order valence-electron chi connectivity index (χ0n) is 20.6. The van der Waals surface area contributed by atoms with Crippen molar-refractivity contribution in [2.75, 3.05) is 6.61 Å². The van der Waals surface area contributed by atoms with Gasteiger partial charge in [-0.3, -0.25) is 9.36 Å². The first kappa shape index (κ1) is 26.1. The number of nitrogens with zero attached hydrogens (tertiary/aromatic N) is 2. The predicted molar refractivity (Wildman–Crippen MR) is 146 cm³/mol. The first-order valence-corrected chi connectivity index (χ1v) is 13.0. The van der Waals surface area contributed by atoms with E-state index in [-0.39, 0.29) is 29.2 Å². The van der Waals surface area contributed by atoms with E-state index in [0.717, 1.165) is 5.56 Å². The third-order valence-electron chi connectivity index (χ3n) is 5.87. The van der Waals surface area contributed by atoms with Crippen molar-refractivity contribution in [1.29, 1.82) is 0 Å². The molecule has 8 nitrogen and oxygen atoms in total.